The molecule has 1 unspecified atom stereocenters. The zero-order valence-corrected chi connectivity index (χ0v) is 9.00. The summed E-state index contributed by atoms with van der Waals surface area (Å²) in [5, 5.41) is 8.71. The summed E-state index contributed by atoms with van der Waals surface area (Å²) in [7, 11) is 0. The summed E-state index contributed by atoms with van der Waals surface area (Å²) < 4.78 is 0. The lowest BCUT2D eigenvalue weighted by atomic mass is 10.2. The van der Waals surface area contributed by atoms with Gasteiger partial charge in [0.15, 0.2) is 0 Å². The molecular weight excluding hydrogens is 220 g/mol. The molecule has 88 valence electrons. The van der Waals surface area contributed by atoms with E-state index in [4.69, 9.17) is 10.8 Å². The first-order valence-corrected chi connectivity index (χ1v) is 5.11. The van der Waals surface area contributed by atoms with Gasteiger partial charge in [-0.05, 0) is 18.2 Å². The lowest BCUT2D eigenvalue weighted by Gasteiger charge is -2.05. The van der Waals surface area contributed by atoms with Crippen LogP contribution in [0.3, 0.4) is 0 Å². The molecule has 0 amide bonds. The second kappa shape index (κ2) is 4.75. The van der Waals surface area contributed by atoms with Gasteiger partial charge in [-0.2, -0.15) is 0 Å². The molecule has 0 aliphatic heterocycles. The van der Waals surface area contributed by atoms with Gasteiger partial charge >= 0.3 is 5.97 Å². The van der Waals surface area contributed by atoms with Gasteiger partial charge in [0.1, 0.15) is 11.9 Å². The van der Waals surface area contributed by atoms with E-state index in [0.29, 0.717) is 5.82 Å². The molecule has 2 heterocycles. The van der Waals surface area contributed by atoms with E-state index in [2.05, 4.69) is 15.0 Å². The number of nitrogens with zero attached hydrogens (tertiary/aromatic N) is 2. The SMILES string of the molecule is NC(Cc1nccc(-c2ccc[nH]2)n1)C(=O)O. The second-order valence-corrected chi connectivity index (χ2v) is 3.59. The third kappa shape index (κ3) is 2.67. The fourth-order valence-corrected chi connectivity index (χ4v) is 1.42. The average Bonchev–Trinajstić information content (AvgIpc) is 2.82. The Morgan fingerprint density at radius 1 is 1.53 bits per heavy atom. The van der Waals surface area contributed by atoms with Crippen molar-refractivity contribution in [2.24, 2.45) is 5.73 Å². The van der Waals surface area contributed by atoms with Crippen molar-refractivity contribution in [3.8, 4) is 11.4 Å². The summed E-state index contributed by atoms with van der Waals surface area (Å²) in [6.45, 7) is 0. The van der Waals surface area contributed by atoms with Gasteiger partial charge in [0.25, 0.3) is 0 Å². The molecule has 0 bridgehead atoms. The molecule has 2 aromatic heterocycles. The van der Waals surface area contributed by atoms with Gasteiger partial charge in [-0.3, -0.25) is 4.79 Å². The molecule has 17 heavy (non-hydrogen) atoms. The van der Waals surface area contributed by atoms with Crippen molar-refractivity contribution in [1.29, 1.82) is 0 Å². The zero-order valence-electron chi connectivity index (χ0n) is 9.00. The van der Waals surface area contributed by atoms with Gasteiger partial charge in [0.05, 0.1) is 11.4 Å². The highest BCUT2D eigenvalue weighted by Crippen LogP contribution is 2.13. The molecule has 0 radical (unpaired) electrons. The van der Waals surface area contributed by atoms with Crippen LogP contribution in [0, 0.1) is 0 Å². The first-order chi connectivity index (χ1) is 8.16. The van der Waals surface area contributed by atoms with Crippen molar-refractivity contribution in [3.63, 3.8) is 0 Å². The quantitative estimate of drug-likeness (QED) is 0.708. The van der Waals surface area contributed by atoms with Crippen LogP contribution in [0.25, 0.3) is 11.4 Å². The van der Waals surface area contributed by atoms with Crippen LogP contribution in [0.5, 0.6) is 0 Å². The van der Waals surface area contributed by atoms with Crippen LogP contribution in [0.15, 0.2) is 30.6 Å². The molecule has 2 rings (SSSR count). The third-order valence-electron chi connectivity index (χ3n) is 2.30. The highest BCUT2D eigenvalue weighted by molar-refractivity contribution is 5.73. The number of carboxylic acids is 1. The van der Waals surface area contributed by atoms with E-state index in [1.54, 1.807) is 18.5 Å². The fraction of sp³-hybridized carbons (Fsp3) is 0.182. The van der Waals surface area contributed by atoms with Crippen LogP contribution in [0.1, 0.15) is 5.82 Å². The number of aliphatic carboxylic acids is 1. The number of nitrogens with two attached hydrogens (primary N) is 1. The molecule has 0 aliphatic carbocycles. The largest absolute Gasteiger partial charge is 0.480 e. The molecule has 1 atom stereocenters. The van der Waals surface area contributed by atoms with Gasteiger partial charge in [-0.15, -0.1) is 0 Å². The minimum Gasteiger partial charge on any atom is -0.480 e. The Kier molecular flexibility index (Phi) is 3.15. The van der Waals surface area contributed by atoms with Crippen LogP contribution in [0.2, 0.25) is 0 Å². The standard InChI is InChI=1S/C11H12N4O2/c12-7(11(16)17)6-10-14-5-3-9(15-10)8-2-1-4-13-8/h1-5,7,13H,6,12H2,(H,16,17). The molecule has 6 heteroatoms. The summed E-state index contributed by atoms with van der Waals surface area (Å²) in [6.07, 6.45) is 3.50. The molecule has 0 spiro atoms. The van der Waals surface area contributed by atoms with Crippen molar-refractivity contribution < 1.29 is 9.90 Å². The van der Waals surface area contributed by atoms with Crippen LogP contribution in [0.4, 0.5) is 0 Å². The Morgan fingerprint density at radius 2 is 2.35 bits per heavy atom. The lowest BCUT2D eigenvalue weighted by molar-refractivity contribution is -0.138. The minimum atomic E-state index is -1.06. The Balaban J connectivity index is 2.20. The monoisotopic (exact) mass is 232 g/mol. The van der Waals surface area contributed by atoms with Crippen molar-refractivity contribution in [3.05, 3.63) is 36.4 Å². The summed E-state index contributed by atoms with van der Waals surface area (Å²) in [5.41, 5.74) is 7.01. The molecule has 0 aromatic carbocycles. The molecule has 0 aliphatic rings. The van der Waals surface area contributed by atoms with E-state index in [-0.39, 0.29) is 6.42 Å². The zero-order chi connectivity index (χ0) is 12.3. The van der Waals surface area contributed by atoms with Crippen molar-refractivity contribution in [1.82, 2.24) is 15.0 Å². The van der Waals surface area contributed by atoms with E-state index in [9.17, 15) is 4.79 Å². The topological polar surface area (TPSA) is 105 Å². The van der Waals surface area contributed by atoms with Gasteiger partial charge in [0, 0.05) is 18.8 Å². The fourth-order valence-electron chi connectivity index (χ4n) is 1.42. The van der Waals surface area contributed by atoms with E-state index < -0.39 is 12.0 Å². The molecule has 4 N–H and O–H groups in total. The Hall–Kier alpha value is -2.21. The van der Waals surface area contributed by atoms with Crippen LogP contribution in [-0.2, 0) is 11.2 Å². The van der Waals surface area contributed by atoms with Crippen LogP contribution < -0.4 is 5.73 Å². The number of carboxylic acid groups (broad SMARTS) is 1. The minimum absolute atomic E-state index is 0.115. The second-order valence-electron chi connectivity index (χ2n) is 3.59. The normalized spacial score (nSPS) is 12.3. The molecule has 6 nitrogen and oxygen atoms in total. The molecule has 0 fully saturated rings. The maximum Gasteiger partial charge on any atom is 0.320 e. The maximum absolute atomic E-state index is 10.6. The average molecular weight is 232 g/mol. The first kappa shape index (κ1) is 11.3. The van der Waals surface area contributed by atoms with Gasteiger partial charge < -0.3 is 15.8 Å². The highest BCUT2D eigenvalue weighted by atomic mass is 16.4. The molecular formula is C11H12N4O2. The number of carbonyl (C=O) groups is 1. The Morgan fingerprint density at radius 3 is 3.00 bits per heavy atom. The number of H-pyrrole nitrogens is 1. The summed E-state index contributed by atoms with van der Waals surface area (Å²) in [6, 6.07) is 4.51. The summed E-state index contributed by atoms with van der Waals surface area (Å²) in [4.78, 5) is 21.9. The lowest BCUT2D eigenvalue weighted by Crippen LogP contribution is -2.32. The van der Waals surface area contributed by atoms with Gasteiger partial charge in [-0.25, -0.2) is 9.97 Å². The van der Waals surface area contributed by atoms with Crippen molar-refractivity contribution >= 4 is 5.97 Å². The Bertz CT molecular complexity index is 510. The van der Waals surface area contributed by atoms with Gasteiger partial charge in [-0.1, -0.05) is 0 Å². The predicted octanol–water partition coefficient (Wildman–Crippen LogP) is 0.426. The summed E-state index contributed by atoms with van der Waals surface area (Å²) in [5.74, 6) is -0.633. The van der Waals surface area contributed by atoms with E-state index in [1.165, 1.54) is 0 Å². The number of aromatic amines is 1. The Labute approximate surface area is 97.5 Å². The van der Waals surface area contributed by atoms with E-state index >= 15 is 0 Å². The smallest absolute Gasteiger partial charge is 0.320 e. The van der Waals surface area contributed by atoms with E-state index in [1.807, 2.05) is 12.1 Å². The third-order valence-corrected chi connectivity index (χ3v) is 2.30. The van der Waals surface area contributed by atoms with Crippen molar-refractivity contribution in [2.75, 3.05) is 0 Å². The van der Waals surface area contributed by atoms with E-state index in [0.717, 1.165) is 11.4 Å². The van der Waals surface area contributed by atoms with Crippen molar-refractivity contribution in [2.45, 2.75) is 12.5 Å². The van der Waals surface area contributed by atoms with Crippen LogP contribution in [-0.4, -0.2) is 32.1 Å². The van der Waals surface area contributed by atoms with Gasteiger partial charge in [0.2, 0.25) is 0 Å². The summed E-state index contributed by atoms with van der Waals surface area (Å²) >= 11 is 0. The number of rotatable bonds is 4. The van der Waals surface area contributed by atoms with Crippen LogP contribution >= 0.6 is 0 Å². The maximum atomic E-state index is 10.6. The number of hydrogen-bond donors (Lipinski definition) is 3. The molecule has 0 saturated carbocycles. The number of hydrogen-bond acceptors (Lipinski definition) is 4. The molecule has 2 aromatic rings. The first-order valence-electron chi connectivity index (χ1n) is 5.11. The predicted molar refractivity (Wildman–Crippen MR) is 61.1 cm³/mol. The number of aromatic nitrogens is 3. The highest BCUT2D eigenvalue weighted by Gasteiger charge is 2.14. The molecule has 0 saturated heterocycles. The number of nitrogens with one attached hydrogen (secondary N) is 1.